The van der Waals surface area contributed by atoms with Crippen molar-refractivity contribution in [2.75, 3.05) is 23.0 Å². The van der Waals surface area contributed by atoms with Gasteiger partial charge in [0.25, 0.3) is 0 Å². The number of anilines is 2. The molecule has 10 heteroatoms. The van der Waals surface area contributed by atoms with Gasteiger partial charge in [0.2, 0.25) is 11.8 Å². The molecule has 3 aliphatic rings. The molecule has 3 unspecified atom stereocenters. The number of carboxylic acids is 1. The summed E-state index contributed by atoms with van der Waals surface area (Å²) in [5.74, 6) is -0.703. The van der Waals surface area contributed by atoms with Gasteiger partial charge >= 0.3 is 5.97 Å². The molecule has 1 aliphatic carbocycles. The van der Waals surface area contributed by atoms with E-state index in [4.69, 9.17) is 4.98 Å². The second kappa shape index (κ2) is 12.9. The van der Waals surface area contributed by atoms with Crippen LogP contribution >= 0.6 is 11.3 Å². The van der Waals surface area contributed by atoms with Crippen molar-refractivity contribution in [1.29, 1.82) is 0 Å². The zero-order valence-corrected chi connectivity index (χ0v) is 25.0. The van der Waals surface area contributed by atoms with Crippen molar-refractivity contribution in [2.45, 2.75) is 70.3 Å². The van der Waals surface area contributed by atoms with E-state index in [9.17, 15) is 24.6 Å². The number of pyridine rings is 1. The summed E-state index contributed by atoms with van der Waals surface area (Å²) in [4.78, 5) is 51.2. The number of hydrogen-bond donors (Lipinski definition) is 2. The summed E-state index contributed by atoms with van der Waals surface area (Å²) in [5, 5.41) is 22.6. The first kappa shape index (κ1) is 29.4. The molecule has 2 amide bonds. The number of aliphatic hydroxyl groups excluding tert-OH is 1. The Balaban J connectivity index is 1.32. The number of hydrogen-bond acceptors (Lipinski definition) is 7. The fourth-order valence-electron chi connectivity index (χ4n) is 7.31. The minimum atomic E-state index is -0.968. The number of thiazole rings is 1. The van der Waals surface area contributed by atoms with Crippen molar-refractivity contribution in [2.24, 2.45) is 17.8 Å². The van der Waals surface area contributed by atoms with Gasteiger partial charge in [-0.1, -0.05) is 56.4 Å². The summed E-state index contributed by atoms with van der Waals surface area (Å²) in [6.45, 7) is 0.477. The molecule has 0 spiro atoms. The third-order valence-corrected chi connectivity index (χ3v) is 10.3. The quantitative estimate of drug-likeness (QED) is 0.335. The Morgan fingerprint density at radius 2 is 1.77 bits per heavy atom. The van der Waals surface area contributed by atoms with E-state index in [1.807, 2.05) is 41.8 Å². The molecule has 226 valence electrons. The minimum absolute atomic E-state index is 0.0275. The molecule has 9 nitrogen and oxygen atoms in total. The van der Waals surface area contributed by atoms with Gasteiger partial charge < -0.3 is 10.2 Å². The van der Waals surface area contributed by atoms with E-state index in [1.165, 1.54) is 11.3 Å². The molecule has 6 rings (SSSR count). The Kier molecular flexibility index (Phi) is 8.85. The van der Waals surface area contributed by atoms with Crippen LogP contribution in [0.15, 0.2) is 48.0 Å². The average molecular weight is 603 g/mol. The Bertz CT molecular complexity index is 1470. The summed E-state index contributed by atoms with van der Waals surface area (Å²) in [6.07, 6.45) is 9.59. The summed E-state index contributed by atoms with van der Waals surface area (Å²) in [5.41, 5.74) is 3.39. The third-order valence-electron chi connectivity index (χ3n) is 9.43. The van der Waals surface area contributed by atoms with Crippen molar-refractivity contribution in [3.63, 3.8) is 0 Å². The van der Waals surface area contributed by atoms with Gasteiger partial charge in [-0.05, 0) is 48.8 Å². The molecule has 43 heavy (non-hydrogen) atoms. The number of rotatable bonds is 8. The SMILES string of the molecule is O=C(O)CC1C(=O)N(c2nc(-c3ccccc3-c3ccc(N4CCCC4=O)nc3)cs2)C(CO)CCCC1C1CCCC1. The van der Waals surface area contributed by atoms with Gasteiger partial charge in [-0.15, -0.1) is 11.3 Å². The number of nitrogens with zero attached hydrogens (tertiary/aromatic N) is 4. The lowest BCUT2D eigenvalue weighted by Crippen LogP contribution is -2.50. The predicted molar refractivity (Wildman–Crippen MR) is 166 cm³/mol. The Morgan fingerprint density at radius 3 is 2.44 bits per heavy atom. The normalized spacial score (nSPS) is 23.5. The van der Waals surface area contributed by atoms with Crippen LogP contribution < -0.4 is 9.80 Å². The molecular weight excluding hydrogens is 564 g/mol. The summed E-state index contributed by atoms with van der Waals surface area (Å²) in [7, 11) is 0. The van der Waals surface area contributed by atoms with Crippen molar-refractivity contribution in [3.8, 4) is 22.4 Å². The van der Waals surface area contributed by atoms with Crippen LogP contribution in [0.4, 0.5) is 10.9 Å². The van der Waals surface area contributed by atoms with Gasteiger partial charge in [0.05, 0.1) is 30.7 Å². The first-order valence-electron chi connectivity index (χ1n) is 15.4. The number of aromatic nitrogens is 2. The highest BCUT2D eigenvalue weighted by atomic mass is 32.1. The fourth-order valence-corrected chi connectivity index (χ4v) is 8.21. The van der Waals surface area contributed by atoms with Gasteiger partial charge in [-0.3, -0.25) is 24.2 Å². The molecule has 4 heterocycles. The average Bonchev–Trinajstić information content (AvgIpc) is 3.80. The Hall–Kier alpha value is -3.63. The fraction of sp³-hybridized carbons (Fsp3) is 0.485. The van der Waals surface area contributed by atoms with Gasteiger partial charge in [0, 0.05) is 35.7 Å². The molecule has 2 N–H and O–H groups in total. The maximum absolute atomic E-state index is 14.3. The lowest BCUT2D eigenvalue weighted by molar-refractivity contribution is -0.142. The van der Waals surface area contributed by atoms with Crippen LogP contribution in [-0.2, 0) is 14.4 Å². The minimum Gasteiger partial charge on any atom is -0.481 e. The zero-order chi connectivity index (χ0) is 29.9. The van der Waals surface area contributed by atoms with Crippen LogP contribution in [0, 0.1) is 17.8 Å². The van der Waals surface area contributed by atoms with E-state index < -0.39 is 17.9 Å². The highest BCUT2D eigenvalue weighted by molar-refractivity contribution is 7.14. The second-order valence-corrected chi connectivity index (χ2v) is 12.8. The third kappa shape index (κ3) is 6.08. The summed E-state index contributed by atoms with van der Waals surface area (Å²) < 4.78 is 0. The van der Waals surface area contributed by atoms with Crippen LogP contribution in [0.25, 0.3) is 22.4 Å². The lowest BCUT2D eigenvalue weighted by Gasteiger charge is -2.39. The van der Waals surface area contributed by atoms with E-state index in [0.717, 1.165) is 61.6 Å². The molecular formula is C33H38N4O5S. The second-order valence-electron chi connectivity index (χ2n) is 12.0. The number of benzene rings is 1. The highest BCUT2D eigenvalue weighted by Gasteiger charge is 2.43. The van der Waals surface area contributed by atoms with Crippen LogP contribution in [0.3, 0.4) is 0 Å². The van der Waals surface area contributed by atoms with Crippen LogP contribution in [-0.4, -0.2) is 57.2 Å². The maximum Gasteiger partial charge on any atom is 0.304 e. The van der Waals surface area contributed by atoms with Crippen molar-refractivity contribution in [1.82, 2.24) is 9.97 Å². The highest BCUT2D eigenvalue weighted by Crippen LogP contribution is 2.43. The van der Waals surface area contributed by atoms with E-state index in [-0.39, 0.29) is 30.8 Å². The van der Waals surface area contributed by atoms with Gasteiger partial charge in [-0.2, -0.15) is 0 Å². The van der Waals surface area contributed by atoms with Crippen molar-refractivity contribution < 1.29 is 24.6 Å². The first-order valence-corrected chi connectivity index (χ1v) is 16.3. The molecule has 2 aromatic heterocycles. The standard InChI is InChI=1S/C33H38N4O5S/c38-19-23-9-5-12-24(21-7-1-2-8-21)27(17-31(40)41)32(42)37(23)33-35-28(20-43-33)26-11-4-3-10-25(26)22-14-15-29(34-18-22)36-16-6-13-30(36)39/h3-4,10-11,14-15,18,20-21,23-24,27,38H,1-2,5-9,12-13,16-17,19H2,(H,40,41). The predicted octanol–water partition coefficient (Wildman–Crippen LogP) is 5.77. The molecule has 1 saturated carbocycles. The largest absolute Gasteiger partial charge is 0.481 e. The number of carbonyl (C=O) groups is 3. The molecule has 3 atom stereocenters. The van der Waals surface area contributed by atoms with Crippen LogP contribution in [0.2, 0.25) is 0 Å². The molecule has 3 aromatic rings. The van der Waals surface area contributed by atoms with E-state index in [0.29, 0.717) is 41.9 Å². The van der Waals surface area contributed by atoms with Crippen LogP contribution in [0.1, 0.15) is 64.2 Å². The Morgan fingerprint density at radius 1 is 0.977 bits per heavy atom. The van der Waals surface area contributed by atoms with E-state index in [2.05, 4.69) is 4.98 Å². The van der Waals surface area contributed by atoms with Crippen LogP contribution in [0.5, 0.6) is 0 Å². The number of carboxylic acid groups (broad SMARTS) is 1. The van der Waals surface area contributed by atoms with Gasteiger partial charge in [0.15, 0.2) is 5.13 Å². The number of aliphatic hydroxyl groups is 1. The lowest BCUT2D eigenvalue weighted by atomic mass is 9.74. The Labute approximate surface area is 255 Å². The molecule has 0 radical (unpaired) electrons. The first-order chi connectivity index (χ1) is 20.9. The number of carbonyl (C=O) groups excluding carboxylic acids is 2. The van der Waals surface area contributed by atoms with E-state index in [1.54, 1.807) is 16.0 Å². The molecule has 1 aromatic carbocycles. The monoisotopic (exact) mass is 602 g/mol. The van der Waals surface area contributed by atoms with E-state index >= 15 is 0 Å². The maximum atomic E-state index is 14.3. The summed E-state index contributed by atoms with van der Waals surface area (Å²) >= 11 is 1.34. The van der Waals surface area contributed by atoms with Crippen molar-refractivity contribution in [3.05, 3.63) is 48.0 Å². The molecule has 2 aliphatic heterocycles. The smallest absolute Gasteiger partial charge is 0.304 e. The van der Waals surface area contributed by atoms with Gasteiger partial charge in [0.1, 0.15) is 5.82 Å². The molecule has 2 saturated heterocycles. The van der Waals surface area contributed by atoms with Crippen molar-refractivity contribution >= 4 is 40.1 Å². The van der Waals surface area contributed by atoms with Gasteiger partial charge in [-0.25, -0.2) is 9.97 Å². The zero-order valence-electron chi connectivity index (χ0n) is 24.2. The number of amides is 2. The molecule has 0 bridgehead atoms. The topological polar surface area (TPSA) is 124 Å². The summed E-state index contributed by atoms with van der Waals surface area (Å²) in [6, 6.07) is 11.3. The molecule has 3 fully saturated rings. The number of aliphatic carboxylic acids is 1.